The number of anilines is 1. The van der Waals surface area contributed by atoms with E-state index in [4.69, 9.17) is 0 Å². The first-order valence-electron chi connectivity index (χ1n) is 7.16. The van der Waals surface area contributed by atoms with E-state index in [1.54, 1.807) is 41.6 Å². The van der Waals surface area contributed by atoms with Gasteiger partial charge in [-0.15, -0.1) is 0 Å². The summed E-state index contributed by atoms with van der Waals surface area (Å²) >= 11 is 0. The highest BCUT2D eigenvalue weighted by Crippen LogP contribution is 2.16. The first-order chi connectivity index (χ1) is 11.5. The minimum absolute atomic E-state index is 0.0278. The Labute approximate surface area is 136 Å². The van der Waals surface area contributed by atoms with E-state index in [-0.39, 0.29) is 11.4 Å². The molecule has 0 saturated heterocycles. The Morgan fingerprint density at radius 1 is 1.08 bits per heavy atom. The largest absolute Gasteiger partial charge is 0.328 e. The van der Waals surface area contributed by atoms with Gasteiger partial charge in [0.25, 0.3) is 5.69 Å². The molecule has 1 aromatic heterocycles. The molecule has 0 fully saturated rings. The fourth-order valence-electron chi connectivity index (χ4n) is 2.44. The molecule has 0 bridgehead atoms. The van der Waals surface area contributed by atoms with Crippen LogP contribution in [0.15, 0.2) is 52.4 Å². The highest BCUT2D eigenvalue weighted by atomic mass is 16.6. The Bertz CT molecular complexity index is 999. The summed E-state index contributed by atoms with van der Waals surface area (Å²) in [4.78, 5) is 22.1. The molecule has 24 heavy (non-hydrogen) atoms. The minimum Gasteiger partial charge on any atom is -0.295 e. The molecule has 0 amide bonds. The summed E-state index contributed by atoms with van der Waals surface area (Å²) in [7, 11) is 3.45. The van der Waals surface area contributed by atoms with Crippen LogP contribution in [0.2, 0.25) is 0 Å². The second-order valence-electron chi connectivity index (χ2n) is 5.32. The Kier molecular flexibility index (Phi) is 3.87. The van der Waals surface area contributed by atoms with E-state index in [9.17, 15) is 14.9 Å². The number of nitrogens with zero attached hydrogens (tertiary/aromatic N) is 4. The lowest BCUT2D eigenvalue weighted by Crippen LogP contribution is -2.19. The predicted molar refractivity (Wildman–Crippen MR) is 92.5 cm³/mol. The van der Waals surface area contributed by atoms with Crippen LogP contribution in [0.5, 0.6) is 0 Å². The zero-order chi connectivity index (χ0) is 17.3. The number of hydrazone groups is 1. The highest BCUT2D eigenvalue weighted by molar-refractivity contribution is 5.87. The standard InChI is InChI=1S/C16H15N5O3/c1-19-14-8-3-11(9-15(14)20(2)16(19)22)10-17-18-12-4-6-13(7-5-12)21(23)24/h3-10,18H,1-2H3/b17-10+. The van der Waals surface area contributed by atoms with Gasteiger partial charge >= 0.3 is 5.69 Å². The Hall–Kier alpha value is -3.42. The molecule has 2 aromatic carbocycles. The van der Waals surface area contributed by atoms with Crippen LogP contribution in [-0.2, 0) is 14.1 Å². The van der Waals surface area contributed by atoms with Crippen molar-refractivity contribution in [2.75, 3.05) is 5.43 Å². The quantitative estimate of drug-likeness (QED) is 0.452. The molecule has 1 heterocycles. The molecule has 3 aromatic rings. The molecule has 3 rings (SSSR count). The number of imidazole rings is 1. The van der Waals surface area contributed by atoms with Crippen LogP contribution in [-0.4, -0.2) is 20.3 Å². The molecular formula is C16H15N5O3. The molecule has 0 aliphatic carbocycles. The number of non-ortho nitro benzene ring substituents is 1. The molecule has 0 atom stereocenters. The Morgan fingerprint density at radius 3 is 2.42 bits per heavy atom. The van der Waals surface area contributed by atoms with Crippen LogP contribution in [0.1, 0.15) is 5.56 Å². The van der Waals surface area contributed by atoms with Crippen LogP contribution in [0.25, 0.3) is 11.0 Å². The lowest BCUT2D eigenvalue weighted by Gasteiger charge is -2.00. The number of fused-ring (bicyclic) bond motifs is 1. The summed E-state index contributed by atoms with van der Waals surface area (Å²) in [6, 6.07) is 11.6. The Morgan fingerprint density at radius 2 is 1.75 bits per heavy atom. The molecule has 0 aliphatic rings. The number of hydrogen-bond donors (Lipinski definition) is 1. The summed E-state index contributed by atoms with van der Waals surface area (Å²) in [6.45, 7) is 0. The first kappa shape index (κ1) is 15.5. The number of rotatable bonds is 4. The maximum Gasteiger partial charge on any atom is 0.328 e. The molecular weight excluding hydrogens is 310 g/mol. The van der Waals surface area contributed by atoms with Gasteiger partial charge in [-0.3, -0.25) is 24.7 Å². The fraction of sp³-hybridized carbons (Fsp3) is 0.125. The van der Waals surface area contributed by atoms with E-state index in [1.807, 2.05) is 18.2 Å². The van der Waals surface area contributed by atoms with Gasteiger partial charge in [0, 0.05) is 26.2 Å². The van der Waals surface area contributed by atoms with E-state index >= 15 is 0 Å². The smallest absolute Gasteiger partial charge is 0.295 e. The van der Waals surface area contributed by atoms with Gasteiger partial charge in [0.1, 0.15) is 0 Å². The number of nitro benzene ring substituents is 1. The van der Waals surface area contributed by atoms with E-state index in [0.717, 1.165) is 16.6 Å². The second kappa shape index (κ2) is 5.99. The van der Waals surface area contributed by atoms with Crippen LogP contribution >= 0.6 is 0 Å². The topological polar surface area (TPSA) is 94.5 Å². The van der Waals surface area contributed by atoms with Gasteiger partial charge in [-0.2, -0.15) is 5.10 Å². The molecule has 8 heteroatoms. The highest BCUT2D eigenvalue weighted by Gasteiger charge is 2.07. The van der Waals surface area contributed by atoms with Gasteiger partial charge in [0.15, 0.2) is 0 Å². The minimum atomic E-state index is -0.452. The zero-order valence-corrected chi connectivity index (χ0v) is 13.1. The van der Waals surface area contributed by atoms with Crippen LogP contribution in [0.3, 0.4) is 0 Å². The van der Waals surface area contributed by atoms with Crippen molar-refractivity contribution in [3.8, 4) is 0 Å². The zero-order valence-electron chi connectivity index (χ0n) is 13.1. The van der Waals surface area contributed by atoms with Crippen molar-refractivity contribution in [2.45, 2.75) is 0 Å². The average molecular weight is 325 g/mol. The first-order valence-corrected chi connectivity index (χ1v) is 7.16. The van der Waals surface area contributed by atoms with Crippen molar-refractivity contribution in [1.82, 2.24) is 9.13 Å². The van der Waals surface area contributed by atoms with Crippen molar-refractivity contribution in [1.29, 1.82) is 0 Å². The van der Waals surface area contributed by atoms with E-state index in [2.05, 4.69) is 10.5 Å². The number of hydrogen-bond acceptors (Lipinski definition) is 5. The molecule has 0 spiro atoms. The Balaban J connectivity index is 1.79. The van der Waals surface area contributed by atoms with Crippen LogP contribution < -0.4 is 11.1 Å². The normalized spacial score (nSPS) is 11.2. The van der Waals surface area contributed by atoms with E-state index < -0.39 is 4.92 Å². The predicted octanol–water partition coefficient (Wildman–Crippen LogP) is 2.23. The van der Waals surface area contributed by atoms with Crippen molar-refractivity contribution in [3.05, 3.63) is 68.6 Å². The van der Waals surface area contributed by atoms with Crippen molar-refractivity contribution < 1.29 is 4.92 Å². The number of aryl methyl sites for hydroxylation is 2. The van der Waals surface area contributed by atoms with Crippen LogP contribution in [0, 0.1) is 10.1 Å². The molecule has 0 unspecified atom stereocenters. The molecule has 0 radical (unpaired) electrons. The maximum absolute atomic E-state index is 11.9. The fourth-order valence-corrected chi connectivity index (χ4v) is 2.44. The molecule has 0 aliphatic heterocycles. The average Bonchev–Trinajstić information content (AvgIpc) is 2.80. The summed E-state index contributed by atoms with van der Waals surface area (Å²) in [6.07, 6.45) is 1.62. The number of nitro groups is 1. The molecule has 122 valence electrons. The molecule has 1 N–H and O–H groups in total. The van der Waals surface area contributed by atoms with Gasteiger partial charge in [-0.25, -0.2) is 4.79 Å². The van der Waals surface area contributed by atoms with Gasteiger partial charge < -0.3 is 0 Å². The van der Waals surface area contributed by atoms with E-state index in [1.165, 1.54) is 12.1 Å². The molecule has 8 nitrogen and oxygen atoms in total. The van der Waals surface area contributed by atoms with Gasteiger partial charge in [0.05, 0.1) is 27.9 Å². The maximum atomic E-state index is 11.9. The summed E-state index contributed by atoms with van der Waals surface area (Å²) in [5.74, 6) is 0. The van der Waals surface area contributed by atoms with Crippen molar-refractivity contribution in [3.63, 3.8) is 0 Å². The third kappa shape index (κ3) is 2.76. The SMILES string of the molecule is Cn1c(=O)n(C)c2cc(/C=N/Nc3ccc([N+](=O)[O-])cc3)ccc21. The summed E-state index contributed by atoms with van der Waals surface area (Å²) in [5, 5.41) is 14.7. The monoisotopic (exact) mass is 325 g/mol. The lowest BCUT2D eigenvalue weighted by molar-refractivity contribution is -0.384. The molecule has 0 saturated carbocycles. The third-order valence-electron chi connectivity index (χ3n) is 3.78. The van der Waals surface area contributed by atoms with Crippen molar-refractivity contribution >= 4 is 28.6 Å². The number of aromatic nitrogens is 2. The van der Waals surface area contributed by atoms with Gasteiger partial charge in [-0.05, 0) is 29.8 Å². The second-order valence-corrected chi connectivity index (χ2v) is 5.32. The van der Waals surface area contributed by atoms with Gasteiger partial charge in [-0.1, -0.05) is 6.07 Å². The van der Waals surface area contributed by atoms with Crippen LogP contribution in [0.4, 0.5) is 11.4 Å². The number of benzene rings is 2. The lowest BCUT2D eigenvalue weighted by atomic mass is 10.2. The van der Waals surface area contributed by atoms with E-state index in [0.29, 0.717) is 5.69 Å². The summed E-state index contributed by atoms with van der Waals surface area (Å²) in [5.41, 5.74) is 5.91. The summed E-state index contributed by atoms with van der Waals surface area (Å²) < 4.78 is 3.17. The van der Waals surface area contributed by atoms with Gasteiger partial charge in [0.2, 0.25) is 0 Å². The number of nitrogens with one attached hydrogen (secondary N) is 1. The van der Waals surface area contributed by atoms with Crippen molar-refractivity contribution in [2.24, 2.45) is 19.2 Å². The third-order valence-corrected chi connectivity index (χ3v) is 3.78.